The Morgan fingerprint density at radius 1 is 1.11 bits per heavy atom. The highest BCUT2D eigenvalue weighted by Crippen LogP contribution is 2.27. The zero-order valence-corrected chi connectivity index (χ0v) is 15.8. The summed E-state index contributed by atoms with van der Waals surface area (Å²) in [6.07, 6.45) is 0.764. The van der Waals surface area contributed by atoms with Crippen molar-refractivity contribution in [2.45, 2.75) is 26.8 Å². The number of carbonyl (C=O) groups excluding carboxylic acids is 2. The van der Waals surface area contributed by atoms with Crippen LogP contribution in [-0.2, 0) is 17.8 Å². The molecule has 1 aromatic heterocycles. The van der Waals surface area contributed by atoms with E-state index in [1.165, 1.54) is 6.92 Å². The van der Waals surface area contributed by atoms with Crippen molar-refractivity contribution in [3.8, 4) is 5.75 Å². The lowest BCUT2D eigenvalue weighted by Crippen LogP contribution is -2.31. The van der Waals surface area contributed by atoms with Gasteiger partial charge >= 0.3 is 0 Å². The number of aryl methyl sites for hydroxylation is 1. The van der Waals surface area contributed by atoms with Crippen LogP contribution in [0, 0.1) is 0 Å². The smallest absolute Gasteiger partial charge is 0.260 e. The molecule has 0 atom stereocenters. The lowest BCUT2D eigenvalue weighted by molar-refractivity contribution is -0.132. The molecule has 0 spiro atoms. The maximum absolute atomic E-state index is 12.5. The zero-order valence-electron chi connectivity index (χ0n) is 15.8. The summed E-state index contributed by atoms with van der Waals surface area (Å²) in [5.41, 5.74) is 2.43. The summed E-state index contributed by atoms with van der Waals surface area (Å²) in [5.74, 6) is 1.22. The van der Waals surface area contributed by atoms with Crippen molar-refractivity contribution >= 4 is 22.7 Å². The molecule has 2 aromatic carbocycles. The van der Waals surface area contributed by atoms with Crippen LogP contribution in [0.4, 0.5) is 0 Å². The Labute approximate surface area is 158 Å². The lowest BCUT2D eigenvalue weighted by Gasteiger charge is -2.18. The Morgan fingerprint density at radius 2 is 1.89 bits per heavy atom. The SMILES string of the molecule is CCc1oc2ccccc2c1CN(C)C(=O)COc1cccc(C(C)=O)c1. The third kappa shape index (κ3) is 4.19. The van der Waals surface area contributed by atoms with Gasteiger partial charge in [0.2, 0.25) is 0 Å². The standard InChI is InChI=1S/C22H23NO4/c1-4-20-19(18-10-5-6-11-21(18)27-20)13-23(3)22(25)14-26-17-9-7-8-16(12-17)15(2)24/h5-12H,4,13-14H2,1-3H3. The van der Waals surface area contributed by atoms with Gasteiger partial charge in [-0.25, -0.2) is 0 Å². The van der Waals surface area contributed by atoms with Crippen molar-refractivity contribution < 1.29 is 18.7 Å². The average molecular weight is 365 g/mol. The Hall–Kier alpha value is -3.08. The fraction of sp³-hybridized carbons (Fsp3) is 0.273. The summed E-state index contributed by atoms with van der Waals surface area (Å²) < 4.78 is 11.5. The molecule has 5 nitrogen and oxygen atoms in total. The highest BCUT2D eigenvalue weighted by Gasteiger charge is 2.17. The van der Waals surface area contributed by atoms with E-state index >= 15 is 0 Å². The summed E-state index contributed by atoms with van der Waals surface area (Å²) >= 11 is 0. The molecule has 1 heterocycles. The number of para-hydroxylation sites is 1. The van der Waals surface area contributed by atoms with Gasteiger partial charge in [-0.15, -0.1) is 0 Å². The van der Waals surface area contributed by atoms with Crippen molar-refractivity contribution in [2.24, 2.45) is 0 Å². The van der Waals surface area contributed by atoms with Crippen LogP contribution < -0.4 is 4.74 Å². The molecular formula is C22H23NO4. The Kier molecular flexibility index (Phi) is 5.60. The monoisotopic (exact) mass is 365 g/mol. The Bertz CT molecular complexity index is 973. The first kappa shape index (κ1) is 18.7. The van der Waals surface area contributed by atoms with Crippen molar-refractivity contribution in [3.63, 3.8) is 0 Å². The molecule has 0 bridgehead atoms. The highest BCUT2D eigenvalue weighted by atomic mass is 16.5. The number of fused-ring (bicyclic) bond motifs is 1. The number of ether oxygens (including phenoxy) is 1. The van der Waals surface area contributed by atoms with E-state index < -0.39 is 0 Å². The van der Waals surface area contributed by atoms with E-state index in [2.05, 4.69) is 0 Å². The van der Waals surface area contributed by atoms with Gasteiger partial charge in [0.15, 0.2) is 12.4 Å². The molecule has 27 heavy (non-hydrogen) atoms. The number of rotatable bonds is 7. The van der Waals surface area contributed by atoms with Crippen LogP contribution in [0.15, 0.2) is 52.9 Å². The number of hydrogen-bond donors (Lipinski definition) is 0. The molecule has 3 rings (SSSR count). The molecule has 0 aliphatic carbocycles. The maximum atomic E-state index is 12.5. The minimum absolute atomic E-state index is 0.0391. The number of nitrogens with zero attached hydrogens (tertiary/aromatic N) is 1. The number of benzene rings is 2. The van der Waals surface area contributed by atoms with Gasteiger partial charge in [-0.05, 0) is 25.1 Å². The van der Waals surface area contributed by atoms with Crippen LogP contribution in [0.3, 0.4) is 0 Å². The fourth-order valence-electron chi connectivity index (χ4n) is 2.99. The van der Waals surface area contributed by atoms with Gasteiger partial charge < -0.3 is 14.1 Å². The summed E-state index contributed by atoms with van der Waals surface area (Å²) in [7, 11) is 1.75. The van der Waals surface area contributed by atoms with E-state index in [0.717, 1.165) is 28.7 Å². The number of furan rings is 1. The topological polar surface area (TPSA) is 59.8 Å². The van der Waals surface area contributed by atoms with Crippen molar-refractivity contribution in [2.75, 3.05) is 13.7 Å². The first-order valence-corrected chi connectivity index (χ1v) is 8.96. The number of ketones is 1. The van der Waals surface area contributed by atoms with Crippen molar-refractivity contribution in [3.05, 3.63) is 65.4 Å². The predicted octanol–water partition coefficient (Wildman–Crippen LogP) is 4.24. The van der Waals surface area contributed by atoms with Gasteiger partial charge in [0.1, 0.15) is 17.1 Å². The molecule has 3 aromatic rings. The van der Waals surface area contributed by atoms with E-state index in [9.17, 15) is 9.59 Å². The van der Waals surface area contributed by atoms with Crippen molar-refractivity contribution in [1.82, 2.24) is 4.90 Å². The average Bonchev–Trinajstić information content (AvgIpc) is 3.04. The molecule has 1 amide bonds. The lowest BCUT2D eigenvalue weighted by atomic mass is 10.1. The van der Waals surface area contributed by atoms with Gasteiger partial charge in [-0.2, -0.15) is 0 Å². The summed E-state index contributed by atoms with van der Waals surface area (Å²) in [5, 5.41) is 1.03. The van der Waals surface area contributed by atoms with Crippen molar-refractivity contribution in [1.29, 1.82) is 0 Å². The minimum Gasteiger partial charge on any atom is -0.484 e. The van der Waals surface area contributed by atoms with Gasteiger partial charge in [0.25, 0.3) is 5.91 Å². The number of Topliss-reactive ketones (excluding diaryl/α,β-unsaturated/α-hetero) is 1. The molecule has 140 valence electrons. The summed E-state index contributed by atoms with van der Waals surface area (Å²) in [6, 6.07) is 14.7. The van der Waals surface area contributed by atoms with Crippen LogP contribution in [0.2, 0.25) is 0 Å². The number of hydrogen-bond acceptors (Lipinski definition) is 4. The zero-order chi connectivity index (χ0) is 19.4. The fourth-order valence-corrected chi connectivity index (χ4v) is 2.99. The Morgan fingerprint density at radius 3 is 2.63 bits per heavy atom. The summed E-state index contributed by atoms with van der Waals surface area (Å²) in [4.78, 5) is 25.6. The predicted molar refractivity (Wildman–Crippen MR) is 104 cm³/mol. The van der Waals surface area contributed by atoms with E-state index in [-0.39, 0.29) is 18.3 Å². The van der Waals surface area contributed by atoms with Gasteiger partial charge in [-0.3, -0.25) is 9.59 Å². The van der Waals surface area contributed by atoms with Crippen LogP contribution in [0.5, 0.6) is 5.75 Å². The molecule has 0 aliphatic rings. The second kappa shape index (κ2) is 8.08. The molecule has 0 radical (unpaired) electrons. The molecule has 0 saturated heterocycles. The Balaban J connectivity index is 1.68. The van der Waals surface area contributed by atoms with Gasteiger partial charge in [-0.1, -0.05) is 37.3 Å². The molecule has 0 unspecified atom stereocenters. The first-order chi connectivity index (χ1) is 13.0. The first-order valence-electron chi connectivity index (χ1n) is 8.96. The maximum Gasteiger partial charge on any atom is 0.260 e. The molecule has 0 saturated carbocycles. The van der Waals surface area contributed by atoms with Crippen LogP contribution in [0.1, 0.15) is 35.5 Å². The van der Waals surface area contributed by atoms with Crippen LogP contribution >= 0.6 is 0 Å². The number of carbonyl (C=O) groups is 2. The van der Waals surface area contributed by atoms with E-state index in [1.54, 1.807) is 36.2 Å². The van der Waals surface area contributed by atoms with Gasteiger partial charge in [0.05, 0.1) is 0 Å². The molecule has 0 fully saturated rings. The minimum atomic E-state index is -0.143. The second-order valence-corrected chi connectivity index (χ2v) is 6.48. The largest absolute Gasteiger partial charge is 0.484 e. The number of amides is 1. The quantitative estimate of drug-likeness (QED) is 0.588. The normalized spacial score (nSPS) is 10.8. The van der Waals surface area contributed by atoms with Gasteiger partial charge in [0, 0.05) is 36.5 Å². The van der Waals surface area contributed by atoms with E-state index in [0.29, 0.717) is 17.9 Å². The second-order valence-electron chi connectivity index (χ2n) is 6.48. The summed E-state index contributed by atoms with van der Waals surface area (Å²) in [6.45, 7) is 3.90. The molecule has 0 N–H and O–H groups in total. The van der Waals surface area contributed by atoms with Crippen LogP contribution in [-0.4, -0.2) is 30.2 Å². The van der Waals surface area contributed by atoms with E-state index in [1.807, 2.05) is 31.2 Å². The van der Waals surface area contributed by atoms with E-state index in [4.69, 9.17) is 9.15 Å². The molecule has 5 heteroatoms. The highest BCUT2D eigenvalue weighted by molar-refractivity contribution is 5.94. The number of likely N-dealkylation sites (N-methyl/N-ethyl adjacent to an activating group) is 1. The third-order valence-corrected chi connectivity index (χ3v) is 4.53. The molecule has 0 aliphatic heterocycles. The molecular weight excluding hydrogens is 342 g/mol. The third-order valence-electron chi connectivity index (χ3n) is 4.53. The van der Waals surface area contributed by atoms with Crippen LogP contribution in [0.25, 0.3) is 11.0 Å².